The maximum absolute atomic E-state index is 13.0. The van der Waals surface area contributed by atoms with Gasteiger partial charge >= 0.3 is 5.97 Å². The van der Waals surface area contributed by atoms with E-state index in [-0.39, 0.29) is 11.7 Å². The molecule has 3 rings (SSSR count). The molecule has 0 saturated heterocycles. The summed E-state index contributed by atoms with van der Waals surface area (Å²) in [4.78, 5) is 28.1. The van der Waals surface area contributed by atoms with Crippen molar-refractivity contribution in [1.82, 2.24) is 4.98 Å². The fourth-order valence-electron chi connectivity index (χ4n) is 3.39. The molecular formula is C19H19Cl2NO3. The van der Waals surface area contributed by atoms with Gasteiger partial charge in [-0.15, -0.1) is 0 Å². The molecule has 1 N–H and O–H groups in total. The number of hydrogen-bond acceptors (Lipinski definition) is 3. The van der Waals surface area contributed by atoms with Crippen LogP contribution in [0.3, 0.4) is 0 Å². The van der Waals surface area contributed by atoms with Crippen LogP contribution in [-0.4, -0.2) is 23.3 Å². The quantitative estimate of drug-likeness (QED) is 0.776. The fourth-order valence-corrected chi connectivity index (χ4v) is 3.71. The molecule has 2 aromatic rings. The van der Waals surface area contributed by atoms with Crippen LogP contribution in [0.25, 0.3) is 0 Å². The Hall–Kier alpha value is -1.78. The molecule has 1 aromatic heterocycles. The van der Waals surface area contributed by atoms with Crippen LogP contribution in [0.2, 0.25) is 10.0 Å². The summed E-state index contributed by atoms with van der Waals surface area (Å²) in [6, 6.07) is 5.45. The SMILES string of the molecule is CCOC(=O)c1[nH]c2c(c1C)C(=O)C(Cc1ccc(Cl)c(Cl)c1)CC2. The second-order valence-electron chi connectivity index (χ2n) is 6.25. The molecule has 0 spiro atoms. The minimum Gasteiger partial charge on any atom is -0.461 e. The number of rotatable bonds is 4. The number of H-pyrrole nitrogens is 1. The molecule has 1 aliphatic carbocycles. The number of ketones is 1. The third kappa shape index (κ3) is 3.46. The van der Waals surface area contributed by atoms with Crippen molar-refractivity contribution in [3.05, 3.63) is 56.3 Å². The van der Waals surface area contributed by atoms with E-state index in [9.17, 15) is 9.59 Å². The van der Waals surface area contributed by atoms with Crippen LogP contribution in [0.5, 0.6) is 0 Å². The van der Waals surface area contributed by atoms with Crippen LogP contribution in [0.4, 0.5) is 0 Å². The first-order chi connectivity index (χ1) is 11.9. The maximum atomic E-state index is 13.0. The molecule has 25 heavy (non-hydrogen) atoms. The topological polar surface area (TPSA) is 59.2 Å². The minimum absolute atomic E-state index is 0.0663. The first kappa shape index (κ1) is 18.0. The molecular weight excluding hydrogens is 361 g/mol. The van der Waals surface area contributed by atoms with Gasteiger partial charge in [-0.25, -0.2) is 4.79 Å². The average molecular weight is 380 g/mol. The summed E-state index contributed by atoms with van der Waals surface area (Å²) in [5, 5.41) is 0.994. The van der Waals surface area contributed by atoms with E-state index in [1.807, 2.05) is 6.07 Å². The maximum Gasteiger partial charge on any atom is 0.355 e. The number of benzene rings is 1. The van der Waals surface area contributed by atoms with Crippen molar-refractivity contribution in [2.75, 3.05) is 6.61 Å². The van der Waals surface area contributed by atoms with Crippen LogP contribution < -0.4 is 0 Å². The Labute approximate surface area is 156 Å². The van der Waals surface area contributed by atoms with Gasteiger partial charge in [-0.3, -0.25) is 4.79 Å². The number of carbonyl (C=O) groups excluding carboxylic acids is 2. The number of aromatic nitrogens is 1. The number of halogens is 2. The summed E-state index contributed by atoms with van der Waals surface area (Å²) in [6.45, 7) is 3.85. The lowest BCUT2D eigenvalue weighted by Gasteiger charge is -2.21. The van der Waals surface area contributed by atoms with Crippen LogP contribution in [0, 0.1) is 12.8 Å². The Kier molecular flexibility index (Phi) is 5.21. The Morgan fingerprint density at radius 2 is 2.08 bits per heavy atom. The second-order valence-corrected chi connectivity index (χ2v) is 7.07. The van der Waals surface area contributed by atoms with Crippen molar-refractivity contribution >= 4 is 35.0 Å². The van der Waals surface area contributed by atoms with Crippen molar-refractivity contribution in [3.8, 4) is 0 Å². The van der Waals surface area contributed by atoms with Gasteiger partial charge in [0.15, 0.2) is 5.78 Å². The lowest BCUT2D eigenvalue weighted by Crippen LogP contribution is -2.24. The Bertz CT molecular complexity index is 841. The zero-order valence-electron chi connectivity index (χ0n) is 14.1. The number of hydrogen-bond donors (Lipinski definition) is 1. The van der Waals surface area contributed by atoms with E-state index in [1.165, 1.54) is 0 Å². The van der Waals surface area contributed by atoms with Gasteiger partial charge in [-0.1, -0.05) is 29.3 Å². The van der Waals surface area contributed by atoms with Crippen molar-refractivity contribution in [3.63, 3.8) is 0 Å². The average Bonchev–Trinajstić information content (AvgIpc) is 2.91. The zero-order chi connectivity index (χ0) is 18.1. The molecule has 1 heterocycles. The molecule has 6 heteroatoms. The van der Waals surface area contributed by atoms with Gasteiger partial charge in [0.2, 0.25) is 0 Å². The summed E-state index contributed by atoms with van der Waals surface area (Å²) in [6.07, 6.45) is 2.07. The Balaban J connectivity index is 1.85. The van der Waals surface area contributed by atoms with E-state index >= 15 is 0 Å². The van der Waals surface area contributed by atoms with Gasteiger partial charge in [0.25, 0.3) is 0 Å². The number of nitrogens with one attached hydrogen (secondary N) is 1. The number of Topliss-reactive ketones (excluding diaryl/α,β-unsaturated/α-hetero) is 1. The number of carbonyl (C=O) groups is 2. The number of fused-ring (bicyclic) bond motifs is 1. The first-order valence-electron chi connectivity index (χ1n) is 8.29. The summed E-state index contributed by atoms with van der Waals surface area (Å²) in [5.41, 5.74) is 3.51. The lowest BCUT2D eigenvalue weighted by atomic mass is 9.81. The molecule has 0 saturated carbocycles. The van der Waals surface area contributed by atoms with Gasteiger partial charge in [-0.05, 0) is 56.4 Å². The largest absolute Gasteiger partial charge is 0.461 e. The van der Waals surface area contributed by atoms with Gasteiger partial charge < -0.3 is 9.72 Å². The summed E-state index contributed by atoms with van der Waals surface area (Å²) in [5.74, 6) is -0.478. The molecule has 0 amide bonds. The molecule has 4 nitrogen and oxygen atoms in total. The molecule has 132 valence electrons. The van der Waals surface area contributed by atoms with Crippen LogP contribution >= 0.6 is 23.2 Å². The third-order valence-electron chi connectivity index (χ3n) is 4.63. The van der Waals surface area contributed by atoms with E-state index in [0.717, 1.165) is 24.1 Å². The predicted octanol–water partition coefficient (Wildman–Crippen LogP) is 4.79. The normalized spacial score (nSPS) is 16.6. The standard InChI is InChI=1S/C19H19Cl2NO3/c1-3-25-19(24)17-10(2)16-15(22-17)7-5-12(18(16)23)8-11-4-6-13(20)14(21)9-11/h4,6,9,12,22H,3,5,7-8H2,1-2H3. The highest BCUT2D eigenvalue weighted by atomic mass is 35.5. The summed E-state index contributed by atoms with van der Waals surface area (Å²) >= 11 is 12.0. The van der Waals surface area contributed by atoms with Gasteiger partial charge in [0.05, 0.1) is 16.7 Å². The number of esters is 1. The van der Waals surface area contributed by atoms with Gasteiger partial charge in [0, 0.05) is 17.2 Å². The molecule has 1 aliphatic rings. The van der Waals surface area contributed by atoms with E-state index in [1.54, 1.807) is 26.0 Å². The van der Waals surface area contributed by atoms with Crippen molar-refractivity contribution in [1.29, 1.82) is 0 Å². The number of aryl methyl sites for hydroxylation is 1. The molecule has 0 bridgehead atoms. The van der Waals surface area contributed by atoms with Gasteiger partial charge in [-0.2, -0.15) is 0 Å². The lowest BCUT2D eigenvalue weighted by molar-refractivity contribution is 0.0519. The Morgan fingerprint density at radius 1 is 1.32 bits per heavy atom. The van der Waals surface area contributed by atoms with Crippen molar-refractivity contribution in [2.24, 2.45) is 5.92 Å². The molecule has 1 unspecified atom stereocenters. The highest BCUT2D eigenvalue weighted by Crippen LogP contribution is 2.33. The highest BCUT2D eigenvalue weighted by molar-refractivity contribution is 6.42. The number of ether oxygens (including phenoxy) is 1. The van der Waals surface area contributed by atoms with Crippen LogP contribution in [0.15, 0.2) is 18.2 Å². The van der Waals surface area contributed by atoms with E-state index < -0.39 is 5.97 Å². The van der Waals surface area contributed by atoms with Crippen molar-refractivity contribution in [2.45, 2.75) is 33.1 Å². The zero-order valence-corrected chi connectivity index (χ0v) is 15.6. The monoisotopic (exact) mass is 379 g/mol. The van der Waals surface area contributed by atoms with Gasteiger partial charge in [0.1, 0.15) is 5.69 Å². The van der Waals surface area contributed by atoms with Crippen molar-refractivity contribution < 1.29 is 14.3 Å². The first-order valence-corrected chi connectivity index (χ1v) is 9.04. The minimum atomic E-state index is -0.414. The Morgan fingerprint density at radius 3 is 2.76 bits per heavy atom. The molecule has 0 radical (unpaired) electrons. The fraction of sp³-hybridized carbons (Fsp3) is 0.368. The number of aromatic amines is 1. The smallest absolute Gasteiger partial charge is 0.355 e. The third-order valence-corrected chi connectivity index (χ3v) is 5.37. The van der Waals surface area contributed by atoms with Crippen LogP contribution in [0.1, 0.15) is 51.0 Å². The van der Waals surface area contributed by atoms with E-state index in [4.69, 9.17) is 27.9 Å². The van der Waals surface area contributed by atoms with Crippen LogP contribution in [-0.2, 0) is 17.6 Å². The summed E-state index contributed by atoms with van der Waals surface area (Å²) < 4.78 is 5.06. The molecule has 0 aliphatic heterocycles. The predicted molar refractivity (Wildman–Crippen MR) is 97.8 cm³/mol. The molecule has 0 fully saturated rings. The molecule has 1 atom stereocenters. The van der Waals surface area contributed by atoms with E-state index in [0.29, 0.717) is 39.9 Å². The highest BCUT2D eigenvalue weighted by Gasteiger charge is 2.33. The van der Waals surface area contributed by atoms with E-state index in [2.05, 4.69) is 4.98 Å². The second kappa shape index (κ2) is 7.22. The molecule has 1 aromatic carbocycles. The summed E-state index contributed by atoms with van der Waals surface area (Å²) in [7, 11) is 0.